The van der Waals surface area contributed by atoms with Gasteiger partial charge in [0.05, 0.1) is 17.9 Å². The number of amides is 3. The van der Waals surface area contributed by atoms with Gasteiger partial charge in [0.15, 0.2) is 0 Å². The van der Waals surface area contributed by atoms with Crippen LogP contribution in [-0.2, 0) is 19.1 Å². The average molecular weight is 560 g/mol. The molecule has 1 saturated carbocycles. The van der Waals surface area contributed by atoms with Crippen molar-refractivity contribution in [1.82, 2.24) is 10.2 Å². The molecule has 6 rings (SSSR count). The van der Waals surface area contributed by atoms with E-state index in [0.29, 0.717) is 18.4 Å². The number of carbonyl (C=O) groups is 3. The normalized spacial score (nSPS) is 35.8. The lowest BCUT2D eigenvalue weighted by Gasteiger charge is -2.38. The Morgan fingerprint density at radius 1 is 1.05 bits per heavy atom. The quantitative estimate of drug-likeness (QED) is 0.448. The molecule has 1 aromatic carbocycles. The number of carbonyl (C=O) groups excluding carboxylic acids is 3. The highest BCUT2D eigenvalue weighted by Crippen LogP contribution is 2.55. The molecular formula is C34H45N3O4. The smallest absolute Gasteiger partial charge is 0.246 e. The largest absolute Gasteiger partial charge is 0.359 e. The Bertz CT molecular complexity index is 1270. The van der Waals surface area contributed by atoms with Gasteiger partial charge in [0.25, 0.3) is 0 Å². The van der Waals surface area contributed by atoms with Crippen LogP contribution < -0.4 is 10.6 Å². The molecule has 2 saturated heterocycles. The summed E-state index contributed by atoms with van der Waals surface area (Å²) in [7, 11) is 0. The van der Waals surface area contributed by atoms with E-state index in [0.717, 1.165) is 48.9 Å². The van der Waals surface area contributed by atoms with Crippen molar-refractivity contribution in [1.29, 1.82) is 0 Å². The number of fused-ring (bicyclic) bond motifs is 1. The summed E-state index contributed by atoms with van der Waals surface area (Å²) in [5.41, 5.74) is 3.07. The number of rotatable bonds is 7. The van der Waals surface area contributed by atoms with Crippen molar-refractivity contribution in [3.05, 3.63) is 53.1 Å². The van der Waals surface area contributed by atoms with Crippen molar-refractivity contribution < 1.29 is 19.1 Å². The zero-order valence-corrected chi connectivity index (χ0v) is 24.9. The fourth-order valence-electron chi connectivity index (χ4n) is 8.22. The number of ether oxygens (including phenoxy) is 1. The second kappa shape index (κ2) is 11.0. The minimum Gasteiger partial charge on any atom is -0.359 e. The molecule has 2 N–H and O–H groups in total. The first-order valence-electron chi connectivity index (χ1n) is 15.7. The Hall–Kier alpha value is -2.93. The Balaban J connectivity index is 1.29. The minimum atomic E-state index is -1.12. The molecule has 0 radical (unpaired) electrons. The van der Waals surface area contributed by atoms with Crippen molar-refractivity contribution in [3.63, 3.8) is 0 Å². The molecule has 8 atom stereocenters. The molecule has 1 aromatic rings. The summed E-state index contributed by atoms with van der Waals surface area (Å²) in [6, 6.07) is 5.23. The van der Waals surface area contributed by atoms with Gasteiger partial charge in [0, 0.05) is 18.3 Å². The molecule has 0 aromatic heterocycles. The summed E-state index contributed by atoms with van der Waals surface area (Å²) in [4.78, 5) is 44.0. The van der Waals surface area contributed by atoms with Crippen molar-refractivity contribution in [2.24, 2.45) is 23.7 Å². The number of nitrogens with one attached hydrogen (secondary N) is 2. The highest BCUT2D eigenvalue weighted by Gasteiger charge is 2.72. The standard InChI is InChI=1S/C34H45N3O4/c1-20-17-21(2)19-25(18-20)35-31(38)28-27-13-15-34(41-27)29(28)33(40)37(16-14-24-10-6-5-7-11-24)30(34)32(39)36-26-12-8-9-22(3)23(26)4/h10,13,15,17-19,22-23,26-30H,5-9,11-12,14,16H2,1-4H3,(H,35,38)(H,36,39). The summed E-state index contributed by atoms with van der Waals surface area (Å²) >= 11 is 0. The number of hydrogen-bond donors (Lipinski definition) is 2. The van der Waals surface area contributed by atoms with E-state index in [-0.39, 0.29) is 23.8 Å². The molecule has 5 aliphatic rings. The molecule has 220 valence electrons. The van der Waals surface area contributed by atoms with E-state index in [9.17, 15) is 14.4 Å². The van der Waals surface area contributed by atoms with Gasteiger partial charge in [-0.05, 0) is 87.5 Å². The van der Waals surface area contributed by atoms with Gasteiger partial charge >= 0.3 is 0 Å². The third kappa shape index (κ3) is 5.04. The zero-order valence-electron chi connectivity index (χ0n) is 24.9. The number of aryl methyl sites for hydroxylation is 2. The van der Waals surface area contributed by atoms with Gasteiger partial charge in [-0.15, -0.1) is 0 Å². The second-order valence-electron chi connectivity index (χ2n) is 13.3. The van der Waals surface area contributed by atoms with Crippen molar-refractivity contribution in [3.8, 4) is 0 Å². The Morgan fingerprint density at radius 3 is 2.56 bits per heavy atom. The Kier molecular flexibility index (Phi) is 7.60. The molecule has 8 unspecified atom stereocenters. The topological polar surface area (TPSA) is 87.7 Å². The maximum absolute atomic E-state index is 14.3. The highest BCUT2D eigenvalue weighted by atomic mass is 16.5. The van der Waals surface area contributed by atoms with Crippen LogP contribution in [-0.4, -0.2) is 53.0 Å². The molecule has 1 spiro atoms. The van der Waals surface area contributed by atoms with Crippen LogP contribution in [0.5, 0.6) is 0 Å². The number of hydrogen-bond acceptors (Lipinski definition) is 4. The zero-order chi connectivity index (χ0) is 28.9. The van der Waals surface area contributed by atoms with Crippen LogP contribution in [0.1, 0.15) is 76.3 Å². The van der Waals surface area contributed by atoms with E-state index in [2.05, 4.69) is 36.6 Å². The third-order valence-electron chi connectivity index (χ3n) is 10.5. The highest BCUT2D eigenvalue weighted by molar-refractivity contribution is 6.02. The van der Waals surface area contributed by atoms with E-state index in [4.69, 9.17) is 4.74 Å². The van der Waals surface area contributed by atoms with Gasteiger partial charge in [0.2, 0.25) is 17.7 Å². The van der Waals surface area contributed by atoms with Gasteiger partial charge in [0.1, 0.15) is 11.6 Å². The summed E-state index contributed by atoms with van der Waals surface area (Å²) in [5.74, 6) is -1.01. The molecule has 3 heterocycles. The summed E-state index contributed by atoms with van der Waals surface area (Å²) in [6.07, 6.45) is 14.0. The average Bonchev–Trinajstić information content (AvgIpc) is 3.57. The van der Waals surface area contributed by atoms with Crippen molar-refractivity contribution in [2.45, 2.75) is 103 Å². The Morgan fingerprint density at radius 2 is 1.83 bits per heavy atom. The fraction of sp³-hybridized carbons (Fsp3) is 0.618. The summed E-state index contributed by atoms with van der Waals surface area (Å²) in [5, 5.41) is 6.42. The van der Waals surface area contributed by atoms with Gasteiger partial charge < -0.3 is 20.3 Å². The van der Waals surface area contributed by atoms with Gasteiger partial charge in [-0.2, -0.15) is 0 Å². The van der Waals surface area contributed by atoms with Crippen molar-refractivity contribution >= 4 is 23.4 Å². The van der Waals surface area contributed by atoms with Crippen LogP contribution in [0.2, 0.25) is 0 Å². The lowest BCUT2D eigenvalue weighted by Crippen LogP contribution is -2.58. The van der Waals surface area contributed by atoms with E-state index in [1.54, 1.807) is 4.90 Å². The van der Waals surface area contributed by atoms with Crippen LogP contribution in [0.25, 0.3) is 0 Å². The summed E-state index contributed by atoms with van der Waals surface area (Å²) in [6.45, 7) is 8.93. The predicted octanol–water partition coefficient (Wildman–Crippen LogP) is 5.22. The van der Waals surface area contributed by atoms with Crippen LogP contribution in [0.3, 0.4) is 0 Å². The maximum Gasteiger partial charge on any atom is 0.246 e. The molecule has 7 nitrogen and oxygen atoms in total. The molecule has 3 amide bonds. The van der Waals surface area contributed by atoms with Crippen LogP contribution in [0, 0.1) is 37.5 Å². The number of likely N-dealkylation sites (tertiary alicyclic amines) is 1. The lowest BCUT2D eigenvalue weighted by atomic mass is 9.73. The monoisotopic (exact) mass is 559 g/mol. The number of anilines is 1. The van der Waals surface area contributed by atoms with Crippen molar-refractivity contribution in [2.75, 3.05) is 11.9 Å². The van der Waals surface area contributed by atoms with E-state index in [1.807, 2.05) is 38.1 Å². The fourth-order valence-corrected chi connectivity index (χ4v) is 8.22. The number of allylic oxidation sites excluding steroid dienone is 1. The first-order chi connectivity index (χ1) is 19.7. The van der Waals surface area contributed by atoms with E-state index < -0.39 is 29.6 Å². The van der Waals surface area contributed by atoms with Crippen LogP contribution >= 0.6 is 0 Å². The van der Waals surface area contributed by atoms with E-state index >= 15 is 0 Å². The lowest BCUT2D eigenvalue weighted by molar-refractivity contribution is -0.141. The molecule has 3 aliphatic heterocycles. The second-order valence-corrected chi connectivity index (χ2v) is 13.3. The number of benzene rings is 1. The molecule has 2 bridgehead atoms. The van der Waals surface area contributed by atoms with Crippen LogP contribution in [0.15, 0.2) is 42.0 Å². The Labute approximate surface area is 244 Å². The maximum atomic E-state index is 14.3. The molecular weight excluding hydrogens is 514 g/mol. The SMILES string of the molecule is Cc1cc(C)cc(NC(=O)C2C3C=CC4(O3)C2C(=O)N(CCC2=CCCCC2)C4C(=O)NC2CCCC(C)C2C)c1. The van der Waals surface area contributed by atoms with E-state index in [1.165, 1.54) is 24.8 Å². The molecule has 2 aliphatic carbocycles. The molecule has 41 heavy (non-hydrogen) atoms. The van der Waals surface area contributed by atoms with Gasteiger partial charge in [-0.25, -0.2) is 0 Å². The predicted molar refractivity (Wildman–Crippen MR) is 159 cm³/mol. The summed E-state index contributed by atoms with van der Waals surface area (Å²) < 4.78 is 6.56. The molecule has 7 heteroatoms. The first kappa shape index (κ1) is 28.2. The van der Waals surface area contributed by atoms with Crippen LogP contribution in [0.4, 0.5) is 5.69 Å². The molecule has 3 fully saturated rings. The van der Waals surface area contributed by atoms with Gasteiger partial charge in [-0.3, -0.25) is 14.4 Å². The first-order valence-corrected chi connectivity index (χ1v) is 15.7. The van der Waals surface area contributed by atoms with Gasteiger partial charge in [-0.1, -0.05) is 56.6 Å². The third-order valence-corrected chi connectivity index (χ3v) is 10.5. The number of nitrogens with zero attached hydrogens (tertiary/aromatic N) is 1. The minimum absolute atomic E-state index is 0.0749.